The van der Waals surface area contributed by atoms with E-state index in [1.807, 2.05) is 0 Å². The van der Waals surface area contributed by atoms with Crippen LogP contribution in [0.25, 0.3) is 0 Å². The molecule has 0 aliphatic rings. The molecule has 0 aromatic heterocycles. The van der Waals surface area contributed by atoms with Crippen LogP contribution in [0.1, 0.15) is 0 Å². The van der Waals surface area contributed by atoms with E-state index in [0.29, 0.717) is 0 Å². The summed E-state index contributed by atoms with van der Waals surface area (Å²) in [5, 5.41) is 0. The summed E-state index contributed by atoms with van der Waals surface area (Å²) in [6.07, 6.45) is 0. The van der Waals surface area contributed by atoms with E-state index in [0.717, 1.165) is 0 Å². The second kappa shape index (κ2) is 7.69. The molecule has 80 valence electrons. The zero-order valence-electron chi connectivity index (χ0n) is 7.26. The molecule has 0 aliphatic heterocycles. The van der Waals surface area contributed by atoms with Crippen molar-refractivity contribution in [3.8, 4) is 0 Å². The number of Topliss-reactive ketones (excluding diaryl/α,β-unsaturated/α-hetero) is 1. The van der Waals surface area contributed by atoms with Crippen LogP contribution in [0.2, 0.25) is 0 Å². The van der Waals surface area contributed by atoms with E-state index < -0.39 is 30.9 Å². The lowest BCUT2D eigenvalue weighted by Crippen LogP contribution is -2.21. The van der Waals surface area contributed by atoms with Crippen LogP contribution in [0.3, 0.4) is 0 Å². The van der Waals surface area contributed by atoms with Crippen LogP contribution in [-0.4, -0.2) is 42.4 Å². The van der Waals surface area contributed by atoms with Crippen molar-refractivity contribution in [1.82, 2.24) is 0 Å². The highest BCUT2D eigenvalue weighted by atomic mass is 32.1. The topological polar surface area (TPSA) is 69.7 Å². The molecule has 0 aliphatic carbocycles. The predicted octanol–water partition coefficient (Wildman–Crippen LogP) is -0.498. The summed E-state index contributed by atoms with van der Waals surface area (Å²) in [6.45, 7) is -0.807. The van der Waals surface area contributed by atoms with E-state index in [2.05, 4.69) is 34.7 Å². The van der Waals surface area contributed by atoms with Crippen molar-refractivity contribution in [2.24, 2.45) is 0 Å². The third kappa shape index (κ3) is 6.79. The van der Waals surface area contributed by atoms with Gasteiger partial charge in [0.2, 0.25) is 5.78 Å². The third-order valence-electron chi connectivity index (χ3n) is 1.05. The van der Waals surface area contributed by atoms with Crippen molar-refractivity contribution in [2.45, 2.75) is 0 Å². The molecule has 7 heteroatoms. The number of hydrogen-bond acceptors (Lipinski definition) is 7. The quantitative estimate of drug-likeness (QED) is 0.482. The molecule has 14 heavy (non-hydrogen) atoms. The minimum absolute atomic E-state index is 0.0935. The second-order valence-electron chi connectivity index (χ2n) is 2.18. The van der Waals surface area contributed by atoms with Gasteiger partial charge in [-0.05, 0) is 0 Å². The van der Waals surface area contributed by atoms with Gasteiger partial charge in [-0.2, -0.15) is 25.3 Å². The maximum atomic E-state index is 10.9. The van der Waals surface area contributed by atoms with Crippen molar-refractivity contribution in [2.75, 3.05) is 24.7 Å². The molecule has 0 unspecified atom stereocenters. The van der Waals surface area contributed by atoms with E-state index in [1.165, 1.54) is 0 Å². The lowest BCUT2D eigenvalue weighted by Gasteiger charge is -2.03. The van der Waals surface area contributed by atoms with Crippen LogP contribution in [0.15, 0.2) is 0 Å². The first-order valence-electron chi connectivity index (χ1n) is 3.64. The van der Waals surface area contributed by atoms with Gasteiger partial charge in [-0.1, -0.05) is 0 Å². The van der Waals surface area contributed by atoms with Gasteiger partial charge < -0.3 is 9.47 Å². The zero-order valence-corrected chi connectivity index (χ0v) is 9.05. The monoisotopic (exact) mass is 238 g/mol. The van der Waals surface area contributed by atoms with Gasteiger partial charge in [0.1, 0.15) is 0 Å². The summed E-state index contributed by atoms with van der Waals surface area (Å²) in [5.41, 5.74) is 0. The summed E-state index contributed by atoms with van der Waals surface area (Å²) in [6, 6.07) is 0. The number of rotatable bonds is 6. The van der Waals surface area contributed by atoms with Crippen LogP contribution >= 0.6 is 25.3 Å². The smallest absolute Gasteiger partial charge is 0.316 e. The fourth-order valence-electron chi connectivity index (χ4n) is 0.455. The van der Waals surface area contributed by atoms with Gasteiger partial charge >= 0.3 is 11.9 Å². The Morgan fingerprint density at radius 3 is 1.50 bits per heavy atom. The van der Waals surface area contributed by atoms with E-state index in [1.54, 1.807) is 0 Å². The average molecular weight is 238 g/mol. The highest BCUT2D eigenvalue weighted by Gasteiger charge is 2.08. The largest absolute Gasteiger partial charge is 0.457 e. The molecule has 0 fully saturated rings. The Balaban J connectivity index is 3.56. The van der Waals surface area contributed by atoms with Crippen molar-refractivity contribution in [3.05, 3.63) is 0 Å². The SMILES string of the molecule is O=C(COC(=O)CS)COC(=O)CS. The van der Waals surface area contributed by atoms with E-state index in [9.17, 15) is 14.4 Å². The van der Waals surface area contributed by atoms with Gasteiger partial charge in [-0.15, -0.1) is 0 Å². The molecule has 0 saturated carbocycles. The Kier molecular flexibility index (Phi) is 7.31. The van der Waals surface area contributed by atoms with Crippen molar-refractivity contribution >= 4 is 43.0 Å². The van der Waals surface area contributed by atoms with E-state index in [4.69, 9.17) is 0 Å². The third-order valence-corrected chi connectivity index (χ3v) is 1.56. The summed E-state index contributed by atoms with van der Waals surface area (Å²) < 4.78 is 8.89. The number of ether oxygens (including phenoxy) is 2. The molecule has 0 spiro atoms. The number of carbonyl (C=O) groups excluding carboxylic acids is 3. The van der Waals surface area contributed by atoms with Crippen LogP contribution in [0, 0.1) is 0 Å². The van der Waals surface area contributed by atoms with Gasteiger partial charge in [-0.25, -0.2) is 0 Å². The van der Waals surface area contributed by atoms with Crippen molar-refractivity contribution < 1.29 is 23.9 Å². The van der Waals surface area contributed by atoms with E-state index >= 15 is 0 Å². The Hall–Kier alpha value is -0.690. The Bertz CT molecular complexity index is 206. The number of hydrogen-bond donors (Lipinski definition) is 2. The molecule has 0 amide bonds. The highest BCUT2D eigenvalue weighted by molar-refractivity contribution is 7.81. The van der Waals surface area contributed by atoms with Crippen molar-refractivity contribution in [3.63, 3.8) is 0 Å². The fourth-order valence-corrected chi connectivity index (χ4v) is 0.638. The van der Waals surface area contributed by atoms with Gasteiger partial charge in [-0.3, -0.25) is 14.4 Å². The molecular weight excluding hydrogens is 228 g/mol. The Labute approximate surface area is 92.0 Å². The van der Waals surface area contributed by atoms with Crippen LogP contribution in [0.5, 0.6) is 0 Å². The van der Waals surface area contributed by atoms with Gasteiger partial charge in [0.05, 0.1) is 11.5 Å². The molecule has 0 atom stereocenters. The Morgan fingerprint density at radius 1 is 0.857 bits per heavy atom. The predicted molar refractivity (Wildman–Crippen MR) is 54.6 cm³/mol. The van der Waals surface area contributed by atoms with Gasteiger partial charge in [0, 0.05) is 0 Å². The maximum Gasteiger partial charge on any atom is 0.316 e. The molecule has 0 rings (SSSR count). The molecule has 0 saturated heterocycles. The van der Waals surface area contributed by atoms with Gasteiger partial charge in [0.25, 0.3) is 0 Å². The Morgan fingerprint density at radius 2 is 1.21 bits per heavy atom. The molecule has 0 bridgehead atoms. The van der Waals surface area contributed by atoms with Crippen LogP contribution < -0.4 is 0 Å². The molecular formula is C7H10O5S2. The molecule has 5 nitrogen and oxygen atoms in total. The molecule has 0 N–H and O–H groups in total. The summed E-state index contributed by atoms with van der Waals surface area (Å²) in [4.78, 5) is 32.0. The average Bonchev–Trinajstić information content (AvgIpc) is 2.22. The molecule has 0 heterocycles. The molecule has 0 aromatic carbocycles. The minimum atomic E-state index is -0.595. The number of thiol groups is 2. The normalized spacial score (nSPS) is 9.29. The number of carbonyl (C=O) groups is 3. The number of esters is 2. The summed E-state index contributed by atoms with van der Waals surface area (Å²) in [7, 11) is 0. The number of ketones is 1. The highest BCUT2D eigenvalue weighted by Crippen LogP contribution is 1.87. The van der Waals surface area contributed by atoms with Crippen LogP contribution in [-0.2, 0) is 23.9 Å². The summed E-state index contributed by atoms with van der Waals surface area (Å²) in [5.74, 6) is -1.87. The fraction of sp³-hybridized carbons (Fsp3) is 0.571. The van der Waals surface area contributed by atoms with Crippen LogP contribution in [0.4, 0.5) is 0 Å². The first-order chi connectivity index (χ1) is 6.60. The zero-order chi connectivity index (χ0) is 11.0. The van der Waals surface area contributed by atoms with E-state index in [-0.39, 0.29) is 11.5 Å². The maximum absolute atomic E-state index is 10.9. The lowest BCUT2D eigenvalue weighted by molar-refractivity contribution is -0.150. The lowest BCUT2D eigenvalue weighted by atomic mass is 10.4. The second-order valence-corrected chi connectivity index (χ2v) is 2.81. The van der Waals surface area contributed by atoms with Crippen molar-refractivity contribution in [1.29, 1.82) is 0 Å². The van der Waals surface area contributed by atoms with Gasteiger partial charge in [0.15, 0.2) is 13.2 Å². The standard InChI is InChI=1S/C7H10O5S2/c8-5(1-11-6(9)3-13)2-12-7(10)4-14/h13-14H,1-4H2. The first-order valence-corrected chi connectivity index (χ1v) is 4.91. The summed E-state index contributed by atoms with van der Waals surface area (Å²) >= 11 is 7.27. The molecule has 0 aromatic rings. The molecule has 0 radical (unpaired) electrons. The minimum Gasteiger partial charge on any atom is -0.457 e. The first kappa shape index (κ1) is 13.3.